The average Bonchev–Trinajstić information content (AvgIpc) is 3.92. The van der Waals surface area contributed by atoms with Crippen molar-refractivity contribution in [2.75, 3.05) is 30.6 Å². The molecule has 1 aromatic heterocycles. The monoisotopic (exact) mass is 834 g/mol. The van der Waals surface area contributed by atoms with Crippen molar-refractivity contribution >= 4 is 87.6 Å². The van der Waals surface area contributed by atoms with Crippen LogP contribution in [-0.2, 0) is 0 Å². The van der Waals surface area contributed by atoms with Gasteiger partial charge in [0, 0.05) is 44.9 Å². The first-order valence-electron chi connectivity index (χ1n) is 19.5. The summed E-state index contributed by atoms with van der Waals surface area (Å²) in [5.41, 5.74) is 4.36. The first-order valence-corrected chi connectivity index (χ1v) is 24.7. The number of ether oxygens (including phenoxy) is 2. The van der Waals surface area contributed by atoms with E-state index in [-0.39, 0.29) is 0 Å². The molecular formula is C44H54N2O2S6. The molecule has 0 atom stereocenters. The van der Waals surface area contributed by atoms with Crippen LogP contribution in [0.2, 0.25) is 0 Å². The molecule has 288 valence electrons. The van der Waals surface area contributed by atoms with E-state index < -0.39 is 0 Å². The lowest BCUT2D eigenvalue weighted by molar-refractivity contribution is 0.415. The predicted molar refractivity (Wildman–Crippen MR) is 246 cm³/mol. The number of nitrogens with zero attached hydrogens (tertiary/aromatic N) is 2. The van der Waals surface area contributed by atoms with E-state index in [1.165, 1.54) is 107 Å². The van der Waals surface area contributed by atoms with Crippen molar-refractivity contribution in [2.45, 2.75) is 101 Å². The molecule has 4 nitrogen and oxygen atoms in total. The number of thioether (sulfide) groups is 6. The quantitative estimate of drug-likeness (QED) is 0.0717. The van der Waals surface area contributed by atoms with Crippen LogP contribution >= 0.6 is 70.6 Å². The number of methoxy groups -OCH3 is 2. The lowest BCUT2D eigenvalue weighted by Crippen LogP contribution is -2.10. The molecule has 4 aromatic rings. The minimum atomic E-state index is 0.839. The molecule has 0 N–H and O–H groups in total. The molecule has 0 radical (unpaired) electrons. The lowest BCUT2D eigenvalue weighted by Gasteiger charge is -2.26. The van der Waals surface area contributed by atoms with Gasteiger partial charge in [0.25, 0.3) is 0 Å². The molecule has 0 unspecified atom stereocenters. The van der Waals surface area contributed by atoms with E-state index in [1.807, 2.05) is 71.3 Å². The fourth-order valence-corrected chi connectivity index (χ4v) is 15.1. The number of rotatable bonds is 22. The molecular weight excluding hydrogens is 781 g/mol. The van der Waals surface area contributed by atoms with E-state index in [1.54, 1.807) is 22.7 Å². The maximum absolute atomic E-state index is 5.44. The smallest absolute Gasteiger partial charge is 0.119 e. The molecule has 3 aromatic carbocycles. The molecule has 10 heteroatoms. The summed E-state index contributed by atoms with van der Waals surface area (Å²) >= 11 is 12.2. The molecule has 2 aliphatic rings. The Labute approximate surface area is 349 Å². The molecule has 54 heavy (non-hydrogen) atoms. The zero-order valence-electron chi connectivity index (χ0n) is 32.1. The highest BCUT2D eigenvalue weighted by molar-refractivity contribution is 8.42. The van der Waals surface area contributed by atoms with E-state index in [0.29, 0.717) is 0 Å². The summed E-state index contributed by atoms with van der Waals surface area (Å²) in [6.07, 6.45) is 20.9. The normalized spacial score (nSPS) is 13.9. The van der Waals surface area contributed by atoms with Crippen LogP contribution in [0.15, 0.2) is 112 Å². The van der Waals surface area contributed by atoms with Crippen molar-refractivity contribution in [3.8, 4) is 17.2 Å². The van der Waals surface area contributed by atoms with Gasteiger partial charge >= 0.3 is 0 Å². The Morgan fingerprint density at radius 1 is 0.500 bits per heavy atom. The summed E-state index contributed by atoms with van der Waals surface area (Å²) < 4.78 is 19.2. The SMILES string of the molecule is CCCCCCCCSC1=C(SCCCCCCCC)SC(=C2Sc3cn(-c4ccc(N(c5ccc(OC)cc5)c5ccc(OC)cc5)cc4)cc3S2)S1. The Kier molecular flexibility index (Phi) is 16.9. The number of aromatic nitrogens is 1. The summed E-state index contributed by atoms with van der Waals surface area (Å²) in [6, 6.07) is 25.2. The number of benzene rings is 3. The molecule has 3 heterocycles. The molecule has 6 rings (SSSR count). The van der Waals surface area contributed by atoms with Crippen molar-refractivity contribution in [1.29, 1.82) is 0 Å². The Balaban J connectivity index is 1.11. The van der Waals surface area contributed by atoms with Gasteiger partial charge in [-0.25, -0.2) is 0 Å². The van der Waals surface area contributed by atoms with Crippen molar-refractivity contribution in [2.24, 2.45) is 0 Å². The Hall–Kier alpha value is -2.08. The van der Waals surface area contributed by atoms with Crippen molar-refractivity contribution in [1.82, 2.24) is 4.57 Å². The minimum absolute atomic E-state index is 0.839. The molecule has 0 saturated carbocycles. The molecule has 0 fully saturated rings. The van der Waals surface area contributed by atoms with Crippen molar-refractivity contribution in [3.05, 3.63) is 102 Å². The maximum atomic E-state index is 5.44. The number of hydrogen-bond acceptors (Lipinski definition) is 9. The highest BCUT2D eigenvalue weighted by atomic mass is 32.3. The summed E-state index contributed by atoms with van der Waals surface area (Å²) in [4.78, 5) is 4.95. The van der Waals surface area contributed by atoms with Gasteiger partial charge in [-0.05, 0) is 97.1 Å². The maximum Gasteiger partial charge on any atom is 0.119 e. The highest BCUT2D eigenvalue weighted by Crippen LogP contribution is 2.64. The number of fused-ring (bicyclic) bond motifs is 1. The van der Waals surface area contributed by atoms with Crippen LogP contribution in [0.25, 0.3) is 5.69 Å². The van der Waals surface area contributed by atoms with Crippen LogP contribution in [-0.4, -0.2) is 30.3 Å². The fraction of sp³-hybridized carbons (Fsp3) is 0.409. The van der Waals surface area contributed by atoms with Crippen LogP contribution in [0, 0.1) is 0 Å². The van der Waals surface area contributed by atoms with E-state index in [2.05, 4.69) is 108 Å². The first kappa shape index (κ1) is 41.6. The Morgan fingerprint density at radius 2 is 0.889 bits per heavy atom. The summed E-state index contributed by atoms with van der Waals surface area (Å²) in [5.74, 6) is 4.15. The number of anilines is 3. The van der Waals surface area contributed by atoms with E-state index in [4.69, 9.17) is 9.47 Å². The van der Waals surface area contributed by atoms with Crippen LogP contribution in [0.5, 0.6) is 11.5 Å². The van der Waals surface area contributed by atoms with Gasteiger partial charge in [-0.1, -0.05) is 125 Å². The van der Waals surface area contributed by atoms with Gasteiger partial charge in [0.2, 0.25) is 0 Å². The lowest BCUT2D eigenvalue weighted by atomic mass is 10.1. The standard InChI is InChI=1S/C44H54N2O2S6/c1-5-7-9-11-13-15-29-49-41-42(50-30-16-14-12-10-8-6-2)54-44(53-41)43-51-39-31-45(32-40(39)52-43)33-17-19-34(20-18-33)46(35-21-25-37(47-3)26-22-35)36-23-27-38(48-4)28-24-36/h17-28,31-32H,5-16,29-30H2,1-4H3. The molecule has 2 aliphatic heterocycles. The fourth-order valence-electron chi connectivity index (χ4n) is 6.33. The van der Waals surface area contributed by atoms with Gasteiger partial charge in [-0.2, -0.15) is 0 Å². The Bertz CT molecular complexity index is 1710. The first-order chi connectivity index (χ1) is 26.6. The zero-order chi connectivity index (χ0) is 37.5. The van der Waals surface area contributed by atoms with Crippen molar-refractivity contribution < 1.29 is 9.47 Å². The molecule has 0 saturated heterocycles. The van der Waals surface area contributed by atoms with E-state index in [0.717, 1.165) is 34.2 Å². The number of hydrogen-bond donors (Lipinski definition) is 0. The van der Waals surface area contributed by atoms with Gasteiger partial charge in [-0.3, -0.25) is 0 Å². The van der Waals surface area contributed by atoms with E-state index >= 15 is 0 Å². The van der Waals surface area contributed by atoms with Crippen LogP contribution in [0.4, 0.5) is 17.1 Å². The molecule has 0 aliphatic carbocycles. The van der Waals surface area contributed by atoms with Crippen LogP contribution in [0.1, 0.15) is 90.9 Å². The highest BCUT2D eigenvalue weighted by Gasteiger charge is 2.30. The third kappa shape index (κ3) is 11.5. The third-order valence-corrected chi connectivity index (χ3v) is 18.1. The van der Waals surface area contributed by atoms with Gasteiger partial charge in [-0.15, -0.1) is 23.5 Å². The topological polar surface area (TPSA) is 26.6 Å². The third-order valence-electron chi connectivity index (χ3n) is 9.39. The molecule has 0 spiro atoms. The van der Waals surface area contributed by atoms with Gasteiger partial charge in [0.05, 0.1) is 31.2 Å². The predicted octanol–water partition coefficient (Wildman–Crippen LogP) is 16.1. The summed E-state index contributed by atoms with van der Waals surface area (Å²) in [5, 5.41) is 0. The number of unbranched alkanes of at least 4 members (excludes halogenated alkanes) is 10. The summed E-state index contributed by atoms with van der Waals surface area (Å²) in [6.45, 7) is 4.60. The van der Waals surface area contributed by atoms with Crippen LogP contribution < -0.4 is 14.4 Å². The van der Waals surface area contributed by atoms with Gasteiger partial charge in [0.1, 0.15) is 11.5 Å². The van der Waals surface area contributed by atoms with E-state index in [9.17, 15) is 0 Å². The van der Waals surface area contributed by atoms with Crippen molar-refractivity contribution in [3.63, 3.8) is 0 Å². The second kappa shape index (κ2) is 22.0. The van der Waals surface area contributed by atoms with Gasteiger partial charge in [0.15, 0.2) is 0 Å². The Morgan fingerprint density at radius 3 is 1.31 bits per heavy atom. The van der Waals surface area contributed by atoms with Crippen LogP contribution in [0.3, 0.4) is 0 Å². The average molecular weight is 835 g/mol. The summed E-state index contributed by atoms with van der Waals surface area (Å²) in [7, 11) is 3.40. The molecule has 0 amide bonds. The molecule has 0 bridgehead atoms. The zero-order valence-corrected chi connectivity index (χ0v) is 37.0. The second-order valence-electron chi connectivity index (χ2n) is 13.4. The largest absolute Gasteiger partial charge is 0.497 e. The van der Waals surface area contributed by atoms with Gasteiger partial charge < -0.3 is 18.9 Å². The second-order valence-corrected chi connectivity index (χ2v) is 20.8. The minimum Gasteiger partial charge on any atom is -0.497 e.